The van der Waals surface area contributed by atoms with E-state index >= 15 is 0 Å². The maximum absolute atomic E-state index is 10.3. The molecule has 4 nitrogen and oxygen atoms in total. The third-order valence-electron chi connectivity index (χ3n) is 3.83. The summed E-state index contributed by atoms with van der Waals surface area (Å²) in [7, 11) is 0. The number of aromatic nitrogens is 2. The lowest BCUT2D eigenvalue weighted by Gasteiger charge is -2.47. The number of rotatable bonds is 3. The van der Waals surface area contributed by atoms with Crippen molar-refractivity contribution >= 4 is 5.82 Å². The van der Waals surface area contributed by atoms with Gasteiger partial charge in [-0.2, -0.15) is 0 Å². The summed E-state index contributed by atoms with van der Waals surface area (Å²) in [5, 5.41) is 10.3. The summed E-state index contributed by atoms with van der Waals surface area (Å²) in [5.74, 6) is 2.33. The number of anilines is 1. The van der Waals surface area contributed by atoms with Crippen molar-refractivity contribution in [3.05, 3.63) is 17.6 Å². The van der Waals surface area contributed by atoms with E-state index < -0.39 is 5.60 Å². The zero-order valence-corrected chi connectivity index (χ0v) is 10.5. The van der Waals surface area contributed by atoms with E-state index in [9.17, 15) is 5.11 Å². The molecule has 1 aromatic heterocycles. The van der Waals surface area contributed by atoms with Crippen LogP contribution in [0.1, 0.15) is 31.3 Å². The van der Waals surface area contributed by atoms with Crippen LogP contribution >= 0.6 is 0 Å². The minimum absolute atomic E-state index is 0.439. The Labute approximate surface area is 102 Å². The second-order valence-electron chi connectivity index (χ2n) is 5.35. The Bertz CT molecular complexity index is 436. The summed E-state index contributed by atoms with van der Waals surface area (Å²) >= 11 is 0. The molecule has 1 N–H and O–H groups in total. The van der Waals surface area contributed by atoms with Crippen molar-refractivity contribution in [1.82, 2.24) is 9.97 Å². The van der Waals surface area contributed by atoms with Gasteiger partial charge in [-0.15, -0.1) is 0 Å². The molecule has 2 aliphatic rings. The quantitative estimate of drug-likeness (QED) is 0.855. The number of hydrogen-bond donors (Lipinski definition) is 1. The first-order valence-electron chi connectivity index (χ1n) is 6.42. The Morgan fingerprint density at radius 1 is 1.41 bits per heavy atom. The van der Waals surface area contributed by atoms with Crippen molar-refractivity contribution in [2.75, 3.05) is 18.0 Å². The van der Waals surface area contributed by atoms with Gasteiger partial charge in [-0.05, 0) is 32.1 Å². The van der Waals surface area contributed by atoms with Crippen molar-refractivity contribution in [1.29, 1.82) is 0 Å². The van der Waals surface area contributed by atoms with Gasteiger partial charge in [0, 0.05) is 11.8 Å². The Morgan fingerprint density at radius 3 is 2.71 bits per heavy atom. The van der Waals surface area contributed by atoms with Crippen LogP contribution in [0.25, 0.3) is 0 Å². The average molecular weight is 233 g/mol. The summed E-state index contributed by atoms with van der Waals surface area (Å²) in [6.45, 7) is 5.49. The van der Waals surface area contributed by atoms with Crippen molar-refractivity contribution in [3.63, 3.8) is 0 Å². The van der Waals surface area contributed by atoms with Crippen LogP contribution in [0.15, 0.2) is 6.07 Å². The van der Waals surface area contributed by atoms with Crippen molar-refractivity contribution in [2.24, 2.45) is 5.92 Å². The molecular weight excluding hydrogens is 214 g/mol. The minimum atomic E-state index is -0.439. The van der Waals surface area contributed by atoms with E-state index in [0.717, 1.165) is 36.8 Å². The SMILES string of the molecule is CCc1cc(N2CC(O)(C3CC3)C2)nc(C)n1. The number of aliphatic hydroxyl groups is 1. The maximum Gasteiger partial charge on any atom is 0.132 e. The molecule has 2 heterocycles. The second-order valence-corrected chi connectivity index (χ2v) is 5.35. The van der Waals surface area contributed by atoms with Crippen LogP contribution in [0.3, 0.4) is 0 Å². The van der Waals surface area contributed by atoms with Gasteiger partial charge in [0.05, 0.1) is 13.1 Å². The molecule has 0 amide bonds. The molecule has 2 fully saturated rings. The molecule has 0 aromatic carbocycles. The first kappa shape index (κ1) is 11.0. The fourth-order valence-corrected chi connectivity index (χ4v) is 2.61. The number of β-amino-alcohol motifs (C(OH)–C–C–N with tert-alkyl or cyclic N) is 1. The van der Waals surface area contributed by atoms with Crippen molar-refractivity contribution in [3.8, 4) is 0 Å². The maximum atomic E-state index is 10.3. The summed E-state index contributed by atoms with van der Waals surface area (Å²) in [6, 6.07) is 2.04. The van der Waals surface area contributed by atoms with Crippen LogP contribution in [0, 0.1) is 12.8 Å². The molecule has 0 spiro atoms. The normalized spacial score (nSPS) is 22.4. The highest BCUT2D eigenvalue weighted by Gasteiger charge is 2.52. The smallest absolute Gasteiger partial charge is 0.132 e. The molecule has 17 heavy (non-hydrogen) atoms. The summed E-state index contributed by atoms with van der Waals surface area (Å²) < 4.78 is 0. The van der Waals surface area contributed by atoms with E-state index in [1.54, 1.807) is 0 Å². The molecule has 1 aliphatic carbocycles. The lowest BCUT2D eigenvalue weighted by molar-refractivity contribution is -0.00978. The molecule has 4 heteroatoms. The monoisotopic (exact) mass is 233 g/mol. The van der Waals surface area contributed by atoms with Gasteiger partial charge >= 0.3 is 0 Å². The summed E-state index contributed by atoms with van der Waals surface area (Å²) in [6.07, 6.45) is 3.30. The third-order valence-corrected chi connectivity index (χ3v) is 3.83. The summed E-state index contributed by atoms with van der Waals surface area (Å²) in [4.78, 5) is 11.0. The highest BCUT2D eigenvalue weighted by molar-refractivity contribution is 5.45. The van der Waals surface area contributed by atoms with Gasteiger partial charge in [0.1, 0.15) is 17.2 Å². The molecule has 3 rings (SSSR count). The van der Waals surface area contributed by atoms with Crippen LogP contribution in [0.4, 0.5) is 5.82 Å². The van der Waals surface area contributed by atoms with Crippen LogP contribution in [0.2, 0.25) is 0 Å². The fraction of sp³-hybridized carbons (Fsp3) is 0.692. The average Bonchev–Trinajstić information content (AvgIpc) is 3.07. The molecule has 0 atom stereocenters. The summed E-state index contributed by atoms with van der Waals surface area (Å²) in [5.41, 5.74) is 0.639. The molecular formula is C13H19N3O. The topological polar surface area (TPSA) is 49.2 Å². The first-order chi connectivity index (χ1) is 8.10. The van der Waals surface area contributed by atoms with Gasteiger partial charge in [0.25, 0.3) is 0 Å². The van der Waals surface area contributed by atoms with Crippen molar-refractivity contribution in [2.45, 2.75) is 38.7 Å². The molecule has 0 unspecified atom stereocenters. The molecule has 1 saturated carbocycles. The Balaban J connectivity index is 1.75. The molecule has 0 radical (unpaired) electrons. The van der Waals surface area contributed by atoms with Gasteiger partial charge < -0.3 is 10.0 Å². The lowest BCUT2D eigenvalue weighted by atomic mass is 9.89. The van der Waals surface area contributed by atoms with E-state index in [1.807, 2.05) is 13.0 Å². The van der Waals surface area contributed by atoms with E-state index in [-0.39, 0.29) is 0 Å². The number of hydrogen-bond acceptors (Lipinski definition) is 4. The Kier molecular flexibility index (Phi) is 2.36. The van der Waals surface area contributed by atoms with E-state index in [2.05, 4.69) is 21.8 Å². The van der Waals surface area contributed by atoms with E-state index in [4.69, 9.17) is 0 Å². The minimum Gasteiger partial charge on any atom is -0.386 e. The number of nitrogens with zero attached hydrogens (tertiary/aromatic N) is 3. The third kappa shape index (κ3) is 1.90. The lowest BCUT2D eigenvalue weighted by Crippen LogP contribution is -2.63. The van der Waals surface area contributed by atoms with Crippen LogP contribution in [-0.2, 0) is 6.42 Å². The largest absolute Gasteiger partial charge is 0.386 e. The molecule has 1 saturated heterocycles. The first-order valence-corrected chi connectivity index (χ1v) is 6.42. The standard InChI is InChI=1S/C13H19N3O/c1-3-11-6-12(15-9(2)14-11)16-7-13(17,8-16)10-4-5-10/h6,10,17H,3-5,7-8H2,1-2H3. The predicted molar refractivity (Wildman–Crippen MR) is 66.0 cm³/mol. The van der Waals surface area contributed by atoms with Crippen LogP contribution in [-0.4, -0.2) is 33.8 Å². The van der Waals surface area contributed by atoms with Gasteiger partial charge in [-0.3, -0.25) is 0 Å². The Morgan fingerprint density at radius 2 is 2.12 bits per heavy atom. The highest BCUT2D eigenvalue weighted by atomic mass is 16.3. The highest BCUT2D eigenvalue weighted by Crippen LogP contribution is 2.45. The van der Waals surface area contributed by atoms with E-state index in [0.29, 0.717) is 5.92 Å². The van der Waals surface area contributed by atoms with Crippen LogP contribution in [0.5, 0.6) is 0 Å². The van der Waals surface area contributed by atoms with Crippen LogP contribution < -0.4 is 4.90 Å². The molecule has 1 aliphatic heterocycles. The zero-order chi connectivity index (χ0) is 12.0. The van der Waals surface area contributed by atoms with Crippen molar-refractivity contribution < 1.29 is 5.11 Å². The van der Waals surface area contributed by atoms with Gasteiger partial charge in [-0.1, -0.05) is 6.92 Å². The Hall–Kier alpha value is -1.16. The van der Waals surface area contributed by atoms with E-state index in [1.165, 1.54) is 12.8 Å². The molecule has 1 aromatic rings. The molecule has 92 valence electrons. The predicted octanol–water partition coefficient (Wildman–Crippen LogP) is 1.31. The van der Waals surface area contributed by atoms with Gasteiger partial charge in [0.2, 0.25) is 0 Å². The number of aryl methyl sites for hydroxylation is 2. The molecule has 0 bridgehead atoms. The van der Waals surface area contributed by atoms with Gasteiger partial charge in [-0.25, -0.2) is 9.97 Å². The van der Waals surface area contributed by atoms with Gasteiger partial charge in [0.15, 0.2) is 0 Å². The fourth-order valence-electron chi connectivity index (χ4n) is 2.61. The zero-order valence-electron chi connectivity index (χ0n) is 10.5. The second kappa shape index (κ2) is 3.67.